The summed E-state index contributed by atoms with van der Waals surface area (Å²) >= 11 is 1.61. The number of nitrogens with zero attached hydrogens (tertiary/aromatic N) is 2. The molecule has 2 aromatic rings. The standard InChI is InChI=1S/C19H22FN3O2S/c1-13(24)21-8-7-17-12-26-18(22-17)15-5-3-9-23(11-15)19(25)14-4-2-6-16(20)10-14/h2,4,6,10,12,15H,3,5,7-9,11H2,1H3,(H,21,24)/t15-/m0/s1. The fraction of sp³-hybridized carbons (Fsp3) is 0.421. The minimum atomic E-state index is -0.395. The van der Waals surface area contributed by atoms with Crippen LogP contribution >= 0.6 is 11.3 Å². The molecule has 7 heteroatoms. The van der Waals surface area contributed by atoms with Crippen molar-refractivity contribution in [2.45, 2.75) is 32.1 Å². The molecule has 1 aromatic carbocycles. The highest BCUT2D eigenvalue weighted by Crippen LogP contribution is 2.30. The van der Waals surface area contributed by atoms with Gasteiger partial charge in [-0.25, -0.2) is 9.37 Å². The van der Waals surface area contributed by atoms with E-state index in [4.69, 9.17) is 0 Å². The van der Waals surface area contributed by atoms with Crippen molar-refractivity contribution in [3.05, 3.63) is 51.7 Å². The third-order valence-corrected chi connectivity index (χ3v) is 5.51. The first kappa shape index (κ1) is 18.5. The van der Waals surface area contributed by atoms with Crippen molar-refractivity contribution in [2.75, 3.05) is 19.6 Å². The van der Waals surface area contributed by atoms with Crippen LogP contribution in [-0.2, 0) is 11.2 Å². The van der Waals surface area contributed by atoms with Gasteiger partial charge in [-0.15, -0.1) is 11.3 Å². The minimum absolute atomic E-state index is 0.0424. The molecule has 1 N–H and O–H groups in total. The van der Waals surface area contributed by atoms with Crippen LogP contribution in [0.15, 0.2) is 29.6 Å². The number of thiazole rings is 1. The highest BCUT2D eigenvalue weighted by Gasteiger charge is 2.27. The van der Waals surface area contributed by atoms with Crippen LogP contribution in [0.4, 0.5) is 4.39 Å². The van der Waals surface area contributed by atoms with Crippen LogP contribution in [0, 0.1) is 5.82 Å². The smallest absolute Gasteiger partial charge is 0.253 e. The van der Waals surface area contributed by atoms with E-state index in [0.29, 0.717) is 31.6 Å². The fourth-order valence-electron chi connectivity index (χ4n) is 3.16. The molecule has 1 saturated heterocycles. The number of nitrogens with one attached hydrogen (secondary N) is 1. The molecule has 3 rings (SSSR count). The Balaban J connectivity index is 1.62. The Morgan fingerprint density at radius 1 is 1.42 bits per heavy atom. The highest BCUT2D eigenvalue weighted by molar-refractivity contribution is 7.09. The van der Waals surface area contributed by atoms with Gasteiger partial charge < -0.3 is 10.2 Å². The van der Waals surface area contributed by atoms with E-state index in [1.807, 2.05) is 5.38 Å². The van der Waals surface area contributed by atoms with Crippen molar-refractivity contribution in [3.63, 3.8) is 0 Å². The number of hydrogen-bond acceptors (Lipinski definition) is 4. The van der Waals surface area contributed by atoms with Crippen LogP contribution in [-0.4, -0.2) is 41.3 Å². The third-order valence-electron chi connectivity index (χ3n) is 4.45. The summed E-state index contributed by atoms with van der Waals surface area (Å²) in [4.78, 5) is 30.0. The summed E-state index contributed by atoms with van der Waals surface area (Å²) in [7, 11) is 0. The summed E-state index contributed by atoms with van der Waals surface area (Å²) in [6.45, 7) is 3.37. The zero-order valence-electron chi connectivity index (χ0n) is 14.7. The lowest BCUT2D eigenvalue weighted by molar-refractivity contribution is -0.118. The number of hydrogen-bond donors (Lipinski definition) is 1. The van der Waals surface area contributed by atoms with Crippen molar-refractivity contribution < 1.29 is 14.0 Å². The maximum absolute atomic E-state index is 13.4. The van der Waals surface area contributed by atoms with Crippen LogP contribution in [0.25, 0.3) is 0 Å². The van der Waals surface area contributed by atoms with Gasteiger partial charge >= 0.3 is 0 Å². The number of piperidine rings is 1. The van der Waals surface area contributed by atoms with Gasteiger partial charge in [0.15, 0.2) is 0 Å². The molecule has 0 saturated carbocycles. The molecule has 2 heterocycles. The third kappa shape index (κ3) is 4.66. The van der Waals surface area contributed by atoms with Crippen LogP contribution in [0.5, 0.6) is 0 Å². The summed E-state index contributed by atoms with van der Waals surface area (Å²) in [5.74, 6) is -0.357. The van der Waals surface area contributed by atoms with Crippen LogP contribution in [0.3, 0.4) is 0 Å². The molecule has 0 bridgehead atoms. The van der Waals surface area contributed by atoms with E-state index in [0.717, 1.165) is 23.5 Å². The number of rotatable bonds is 5. The van der Waals surface area contributed by atoms with Crippen molar-refractivity contribution in [2.24, 2.45) is 0 Å². The average Bonchev–Trinajstić information content (AvgIpc) is 3.10. The van der Waals surface area contributed by atoms with Gasteiger partial charge in [0, 0.05) is 49.8 Å². The molecule has 5 nitrogen and oxygen atoms in total. The molecule has 0 radical (unpaired) electrons. The number of benzene rings is 1. The molecular formula is C19H22FN3O2S. The van der Waals surface area contributed by atoms with E-state index >= 15 is 0 Å². The van der Waals surface area contributed by atoms with E-state index in [2.05, 4.69) is 10.3 Å². The SMILES string of the molecule is CC(=O)NCCc1csc([C@H]2CCCN(C(=O)c3cccc(F)c3)C2)n1. The summed E-state index contributed by atoms with van der Waals surface area (Å²) < 4.78 is 13.4. The molecule has 1 aliphatic heterocycles. The van der Waals surface area contributed by atoms with Crippen molar-refractivity contribution in [1.29, 1.82) is 0 Å². The fourth-order valence-corrected chi connectivity index (χ4v) is 4.14. The summed E-state index contributed by atoms with van der Waals surface area (Å²) in [5, 5.41) is 5.82. The average molecular weight is 375 g/mol. The number of halogens is 1. The molecule has 26 heavy (non-hydrogen) atoms. The second-order valence-electron chi connectivity index (χ2n) is 6.51. The Labute approximate surface area is 156 Å². The van der Waals surface area contributed by atoms with Crippen LogP contribution < -0.4 is 5.32 Å². The largest absolute Gasteiger partial charge is 0.356 e. The molecule has 138 valence electrons. The lowest BCUT2D eigenvalue weighted by atomic mass is 9.98. The molecule has 0 spiro atoms. The van der Waals surface area contributed by atoms with Gasteiger partial charge in [-0.1, -0.05) is 6.07 Å². The van der Waals surface area contributed by atoms with Gasteiger partial charge in [0.2, 0.25) is 5.91 Å². The highest BCUT2D eigenvalue weighted by atomic mass is 32.1. The molecule has 1 atom stereocenters. The normalized spacial score (nSPS) is 17.2. The summed E-state index contributed by atoms with van der Waals surface area (Å²) in [6.07, 6.45) is 2.60. The lowest BCUT2D eigenvalue weighted by Crippen LogP contribution is -2.39. The first-order chi connectivity index (χ1) is 12.5. The molecule has 0 aliphatic carbocycles. The number of aromatic nitrogens is 1. The van der Waals surface area contributed by atoms with Crippen molar-refractivity contribution >= 4 is 23.2 Å². The van der Waals surface area contributed by atoms with E-state index in [-0.39, 0.29) is 17.7 Å². The second-order valence-corrected chi connectivity index (χ2v) is 7.40. The van der Waals surface area contributed by atoms with Gasteiger partial charge in [-0.3, -0.25) is 9.59 Å². The number of amides is 2. The van der Waals surface area contributed by atoms with E-state index in [9.17, 15) is 14.0 Å². The van der Waals surface area contributed by atoms with Gasteiger partial charge in [0.25, 0.3) is 5.91 Å². The maximum atomic E-state index is 13.4. The second kappa shape index (κ2) is 8.40. The molecule has 0 unspecified atom stereocenters. The Bertz CT molecular complexity index is 793. The zero-order valence-corrected chi connectivity index (χ0v) is 15.5. The quantitative estimate of drug-likeness (QED) is 0.874. The molecule has 2 amide bonds. The maximum Gasteiger partial charge on any atom is 0.253 e. The monoisotopic (exact) mass is 375 g/mol. The predicted octanol–water partition coefficient (Wildman–Crippen LogP) is 2.98. The molecule has 1 aromatic heterocycles. The number of carbonyl (C=O) groups excluding carboxylic acids is 2. The molecule has 1 fully saturated rings. The van der Waals surface area contributed by atoms with Crippen molar-refractivity contribution in [1.82, 2.24) is 15.2 Å². The van der Waals surface area contributed by atoms with Gasteiger partial charge in [-0.2, -0.15) is 0 Å². The number of carbonyl (C=O) groups is 2. The summed E-state index contributed by atoms with van der Waals surface area (Å²) in [6, 6.07) is 5.84. The topological polar surface area (TPSA) is 62.3 Å². The first-order valence-electron chi connectivity index (χ1n) is 8.76. The Hall–Kier alpha value is -2.28. The Morgan fingerprint density at radius 2 is 2.27 bits per heavy atom. The summed E-state index contributed by atoms with van der Waals surface area (Å²) in [5.41, 5.74) is 1.35. The molecular weight excluding hydrogens is 353 g/mol. The molecule has 1 aliphatic rings. The lowest BCUT2D eigenvalue weighted by Gasteiger charge is -2.32. The van der Waals surface area contributed by atoms with Gasteiger partial charge in [0.05, 0.1) is 10.7 Å². The van der Waals surface area contributed by atoms with E-state index < -0.39 is 5.82 Å². The predicted molar refractivity (Wildman–Crippen MR) is 98.8 cm³/mol. The van der Waals surface area contributed by atoms with Gasteiger partial charge in [-0.05, 0) is 31.0 Å². The van der Waals surface area contributed by atoms with Gasteiger partial charge in [0.1, 0.15) is 5.82 Å². The van der Waals surface area contributed by atoms with E-state index in [1.54, 1.807) is 28.4 Å². The van der Waals surface area contributed by atoms with Crippen molar-refractivity contribution in [3.8, 4) is 0 Å². The van der Waals surface area contributed by atoms with Crippen LogP contribution in [0.2, 0.25) is 0 Å². The van der Waals surface area contributed by atoms with Crippen LogP contribution in [0.1, 0.15) is 46.7 Å². The van der Waals surface area contributed by atoms with E-state index in [1.165, 1.54) is 19.1 Å². The Morgan fingerprint density at radius 3 is 3.04 bits per heavy atom. The first-order valence-corrected chi connectivity index (χ1v) is 9.64. The minimum Gasteiger partial charge on any atom is -0.356 e. The number of likely N-dealkylation sites (tertiary alicyclic amines) is 1. The zero-order chi connectivity index (χ0) is 18.5. The Kier molecular flexibility index (Phi) is 5.98.